The maximum absolute atomic E-state index is 10.8. The van der Waals surface area contributed by atoms with Crippen molar-refractivity contribution in [2.24, 2.45) is 0 Å². The van der Waals surface area contributed by atoms with E-state index in [0.717, 1.165) is 29.4 Å². The first kappa shape index (κ1) is 11.6. The molecule has 0 aromatic heterocycles. The molecule has 0 aliphatic carbocycles. The van der Waals surface area contributed by atoms with E-state index in [1.807, 2.05) is 0 Å². The van der Waals surface area contributed by atoms with Crippen LogP contribution < -0.4 is 4.72 Å². The van der Waals surface area contributed by atoms with E-state index in [9.17, 15) is 4.79 Å². The van der Waals surface area contributed by atoms with Gasteiger partial charge in [-0.2, -0.15) is 0 Å². The average molecular weight is 234 g/mol. The molecule has 1 saturated heterocycles. The molecule has 4 nitrogen and oxygen atoms in total. The Kier molecular flexibility index (Phi) is 5.03. The molecule has 1 fully saturated rings. The minimum atomic E-state index is -0.464. The van der Waals surface area contributed by atoms with Crippen molar-refractivity contribution in [2.45, 2.75) is 19.3 Å². The van der Waals surface area contributed by atoms with E-state index in [1.54, 1.807) is 0 Å². The number of methoxy groups -OCH3 is 1. The zero-order valence-corrected chi connectivity index (χ0v) is 9.75. The second kappa shape index (κ2) is 6.08. The Morgan fingerprint density at radius 1 is 1.43 bits per heavy atom. The molecule has 1 N–H and O–H groups in total. The summed E-state index contributed by atoms with van der Waals surface area (Å²) < 4.78 is 7.66. The molecule has 0 saturated carbocycles. The number of rotatable bonds is 0. The zero-order valence-electron chi connectivity index (χ0n) is 8.12. The fourth-order valence-electron chi connectivity index (χ4n) is 1.27. The van der Waals surface area contributed by atoms with E-state index < -0.39 is 6.09 Å². The summed E-state index contributed by atoms with van der Waals surface area (Å²) in [6, 6.07) is 0. The SMILES string of the molecule is COC(=O)NSC(=S)N1CCCCC1. The molecule has 0 aromatic rings. The van der Waals surface area contributed by atoms with Crippen LogP contribution in [0.2, 0.25) is 0 Å². The van der Waals surface area contributed by atoms with Crippen molar-refractivity contribution in [2.75, 3.05) is 20.2 Å². The second-order valence-corrected chi connectivity index (χ2v) is 4.45. The number of likely N-dealkylation sites (tertiary alicyclic amines) is 1. The van der Waals surface area contributed by atoms with Crippen LogP contribution in [0.3, 0.4) is 0 Å². The maximum atomic E-state index is 10.8. The van der Waals surface area contributed by atoms with Gasteiger partial charge in [0.2, 0.25) is 0 Å². The molecular weight excluding hydrogens is 220 g/mol. The monoisotopic (exact) mass is 234 g/mol. The third-order valence-corrected chi connectivity index (χ3v) is 3.23. The number of ether oxygens (including phenoxy) is 1. The van der Waals surface area contributed by atoms with Gasteiger partial charge in [-0.15, -0.1) is 0 Å². The van der Waals surface area contributed by atoms with Gasteiger partial charge in [0.15, 0.2) is 4.32 Å². The lowest BCUT2D eigenvalue weighted by atomic mass is 10.1. The molecule has 80 valence electrons. The number of hydrogen-bond donors (Lipinski definition) is 1. The highest BCUT2D eigenvalue weighted by atomic mass is 32.2. The van der Waals surface area contributed by atoms with Crippen LogP contribution in [0.1, 0.15) is 19.3 Å². The number of piperidine rings is 1. The second-order valence-electron chi connectivity index (χ2n) is 3.01. The molecule has 0 radical (unpaired) electrons. The van der Waals surface area contributed by atoms with Crippen LogP contribution >= 0.6 is 24.2 Å². The molecule has 1 amide bonds. The molecule has 6 heteroatoms. The van der Waals surface area contributed by atoms with Gasteiger partial charge in [-0.1, -0.05) is 12.2 Å². The highest BCUT2D eigenvalue weighted by Gasteiger charge is 2.14. The average Bonchev–Trinajstić information content (AvgIpc) is 2.26. The van der Waals surface area contributed by atoms with Gasteiger partial charge >= 0.3 is 6.09 Å². The highest BCUT2D eigenvalue weighted by molar-refractivity contribution is 8.21. The third kappa shape index (κ3) is 3.71. The van der Waals surface area contributed by atoms with Crippen LogP contribution in [0.25, 0.3) is 0 Å². The summed E-state index contributed by atoms with van der Waals surface area (Å²) in [6.45, 7) is 1.99. The minimum absolute atomic E-state index is 0.464. The van der Waals surface area contributed by atoms with E-state index in [2.05, 4.69) is 14.4 Å². The summed E-state index contributed by atoms with van der Waals surface area (Å²) in [5.41, 5.74) is 0. The summed E-state index contributed by atoms with van der Waals surface area (Å²) in [5, 5.41) is 0. The largest absolute Gasteiger partial charge is 0.452 e. The third-order valence-electron chi connectivity index (χ3n) is 2.02. The van der Waals surface area contributed by atoms with Crippen LogP contribution in [0.5, 0.6) is 0 Å². The Bertz CT molecular complexity index is 217. The fourth-order valence-corrected chi connectivity index (χ4v) is 2.14. The van der Waals surface area contributed by atoms with Gasteiger partial charge in [0.25, 0.3) is 0 Å². The lowest BCUT2D eigenvalue weighted by Gasteiger charge is -2.28. The predicted molar refractivity (Wildman–Crippen MR) is 61.2 cm³/mol. The Morgan fingerprint density at radius 2 is 2.07 bits per heavy atom. The molecule has 1 aliphatic rings. The minimum Gasteiger partial charge on any atom is -0.452 e. The number of hydrogen-bond acceptors (Lipinski definition) is 4. The summed E-state index contributed by atoms with van der Waals surface area (Å²) in [7, 11) is 1.33. The van der Waals surface area contributed by atoms with Gasteiger partial charge in [-0.05, 0) is 19.3 Å². The normalized spacial score (nSPS) is 16.2. The van der Waals surface area contributed by atoms with Crippen LogP contribution in [0.15, 0.2) is 0 Å². The Labute approximate surface area is 93.5 Å². The number of amides is 1. The van der Waals surface area contributed by atoms with Crippen molar-refractivity contribution in [3.63, 3.8) is 0 Å². The Morgan fingerprint density at radius 3 is 2.64 bits per heavy atom. The zero-order chi connectivity index (χ0) is 10.4. The molecule has 14 heavy (non-hydrogen) atoms. The lowest BCUT2D eigenvalue weighted by molar-refractivity contribution is 0.178. The number of nitrogens with one attached hydrogen (secondary N) is 1. The number of carbonyl (C=O) groups excluding carboxylic acids is 1. The lowest BCUT2D eigenvalue weighted by Crippen LogP contribution is -2.34. The Hall–Kier alpha value is -0.490. The molecule has 0 atom stereocenters. The van der Waals surface area contributed by atoms with Crippen LogP contribution in [0, 0.1) is 0 Å². The molecule has 0 aromatic carbocycles. The molecule has 1 heterocycles. The highest BCUT2D eigenvalue weighted by Crippen LogP contribution is 2.14. The van der Waals surface area contributed by atoms with Crippen molar-refractivity contribution in [3.8, 4) is 0 Å². The van der Waals surface area contributed by atoms with Crippen molar-refractivity contribution >= 4 is 34.6 Å². The van der Waals surface area contributed by atoms with E-state index in [4.69, 9.17) is 12.2 Å². The van der Waals surface area contributed by atoms with E-state index in [0.29, 0.717) is 0 Å². The summed E-state index contributed by atoms with van der Waals surface area (Å²) in [5.74, 6) is 0. The Balaban J connectivity index is 2.23. The smallest absolute Gasteiger partial charge is 0.417 e. The standard InChI is InChI=1S/C8H14N2O2S2/c1-12-7(11)9-14-8(13)10-5-3-2-4-6-10/h2-6H2,1H3,(H,9,11). The van der Waals surface area contributed by atoms with Crippen LogP contribution in [-0.4, -0.2) is 35.5 Å². The van der Waals surface area contributed by atoms with Crippen molar-refractivity contribution in [1.29, 1.82) is 0 Å². The summed E-state index contributed by atoms with van der Waals surface area (Å²) in [6.07, 6.45) is 3.17. The topological polar surface area (TPSA) is 41.6 Å². The summed E-state index contributed by atoms with van der Waals surface area (Å²) >= 11 is 6.31. The quantitative estimate of drug-likeness (QED) is 0.511. The van der Waals surface area contributed by atoms with Gasteiger partial charge in [-0.3, -0.25) is 4.72 Å². The number of carbonyl (C=O) groups is 1. The van der Waals surface area contributed by atoms with Gasteiger partial charge in [0, 0.05) is 25.0 Å². The molecule has 0 spiro atoms. The number of nitrogens with zero attached hydrogens (tertiary/aromatic N) is 1. The van der Waals surface area contributed by atoms with E-state index in [-0.39, 0.29) is 0 Å². The molecule has 1 aliphatic heterocycles. The van der Waals surface area contributed by atoms with Gasteiger partial charge in [0.1, 0.15) is 0 Å². The first-order valence-electron chi connectivity index (χ1n) is 4.53. The van der Waals surface area contributed by atoms with Gasteiger partial charge < -0.3 is 9.64 Å². The number of thiocarbonyl (C=S) groups is 1. The maximum Gasteiger partial charge on any atom is 0.417 e. The molecular formula is C8H14N2O2S2. The molecule has 0 unspecified atom stereocenters. The van der Waals surface area contributed by atoms with Crippen LogP contribution in [0.4, 0.5) is 4.79 Å². The molecule has 0 bridgehead atoms. The van der Waals surface area contributed by atoms with Gasteiger partial charge in [0.05, 0.1) is 7.11 Å². The fraction of sp³-hybridized carbons (Fsp3) is 0.750. The van der Waals surface area contributed by atoms with Gasteiger partial charge in [-0.25, -0.2) is 4.79 Å². The molecule has 1 rings (SSSR count). The van der Waals surface area contributed by atoms with E-state index >= 15 is 0 Å². The van der Waals surface area contributed by atoms with E-state index in [1.165, 1.54) is 26.4 Å². The van der Waals surface area contributed by atoms with Crippen LogP contribution in [-0.2, 0) is 4.74 Å². The van der Waals surface area contributed by atoms with Crippen molar-refractivity contribution in [1.82, 2.24) is 9.62 Å². The van der Waals surface area contributed by atoms with Crippen molar-refractivity contribution < 1.29 is 9.53 Å². The first-order chi connectivity index (χ1) is 6.74. The summed E-state index contributed by atoms with van der Waals surface area (Å²) in [4.78, 5) is 12.9. The first-order valence-corrected chi connectivity index (χ1v) is 5.76. The predicted octanol–water partition coefficient (Wildman–Crippen LogP) is 1.76. The van der Waals surface area contributed by atoms with Crippen molar-refractivity contribution in [3.05, 3.63) is 0 Å².